The highest BCUT2D eigenvalue weighted by molar-refractivity contribution is 5.71. The maximum Gasteiger partial charge on any atom is 0.193 e. The van der Waals surface area contributed by atoms with Gasteiger partial charge in [0.05, 0.1) is 12.8 Å². The van der Waals surface area contributed by atoms with Gasteiger partial charge in [0.2, 0.25) is 0 Å². The molecule has 0 aliphatic heterocycles. The van der Waals surface area contributed by atoms with Crippen LogP contribution in [0.15, 0.2) is 30.5 Å². The third kappa shape index (κ3) is 2.28. The molecule has 1 aromatic heterocycles. The maximum atomic E-state index is 13.5. The zero-order chi connectivity index (χ0) is 12.3. The van der Waals surface area contributed by atoms with Crippen LogP contribution in [0.3, 0.4) is 0 Å². The van der Waals surface area contributed by atoms with Gasteiger partial charge in [-0.25, -0.2) is 14.4 Å². The molecule has 0 N–H and O–H groups in total. The molecule has 0 aliphatic carbocycles. The van der Waals surface area contributed by atoms with Crippen LogP contribution in [0.25, 0.3) is 11.3 Å². The highest BCUT2D eigenvalue weighted by atomic mass is 19.1. The molecule has 0 bridgehead atoms. The first-order valence-electron chi connectivity index (χ1n) is 4.86. The molecule has 5 heteroatoms. The number of benzene rings is 1. The standard InChI is InChI=1S/C12H9FN2O2/c1-17-11-3-2-8(6-9(11)13)10-4-5-14-12(7-16)15-10/h2-7H,1H3. The van der Waals surface area contributed by atoms with Gasteiger partial charge in [0, 0.05) is 11.8 Å². The molecule has 0 atom stereocenters. The predicted octanol–water partition coefficient (Wildman–Crippen LogP) is 2.10. The van der Waals surface area contributed by atoms with E-state index in [0.717, 1.165) is 0 Å². The summed E-state index contributed by atoms with van der Waals surface area (Å²) in [5.41, 5.74) is 1.05. The van der Waals surface area contributed by atoms with Gasteiger partial charge in [-0.05, 0) is 24.3 Å². The molecule has 0 saturated heterocycles. The molecule has 0 amide bonds. The topological polar surface area (TPSA) is 52.1 Å². The van der Waals surface area contributed by atoms with Crippen molar-refractivity contribution in [3.63, 3.8) is 0 Å². The molecule has 0 radical (unpaired) electrons. The Morgan fingerprint density at radius 2 is 2.18 bits per heavy atom. The Morgan fingerprint density at radius 1 is 1.35 bits per heavy atom. The number of nitrogens with zero attached hydrogens (tertiary/aromatic N) is 2. The molecule has 0 unspecified atom stereocenters. The maximum absolute atomic E-state index is 13.5. The normalized spacial score (nSPS) is 10.0. The largest absolute Gasteiger partial charge is 0.494 e. The summed E-state index contributed by atoms with van der Waals surface area (Å²) < 4.78 is 18.3. The van der Waals surface area contributed by atoms with Gasteiger partial charge in [0.1, 0.15) is 0 Å². The average Bonchev–Trinajstić information content (AvgIpc) is 2.38. The summed E-state index contributed by atoms with van der Waals surface area (Å²) in [7, 11) is 1.40. The van der Waals surface area contributed by atoms with Gasteiger partial charge in [0.15, 0.2) is 23.7 Å². The fourth-order valence-corrected chi connectivity index (χ4v) is 1.42. The summed E-state index contributed by atoms with van der Waals surface area (Å²) >= 11 is 0. The van der Waals surface area contributed by atoms with E-state index in [4.69, 9.17) is 4.74 Å². The first kappa shape index (κ1) is 11.2. The van der Waals surface area contributed by atoms with Crippen molar-refractivity contribution in [1.82, 2.24) is 9.97 Å². The summed E-state index contributed by atoms with van der Waals surface area (Å²) in [5, 5.41) is 0. The van der Waals surface area contributed by atoms with Gasteiger partial charge in [-0.15, -0.1) is 0 Å². The van der Waals surface area contributed by atoms with E-state index in [1.54, 1.807) is 12.1 Å². The van der Waals surface area contributed by atoms with E-state index in [1.165, 1.54) is 25.4 Å². The number of aldehydes is 1. The van der Waals surface area contributed by atoms with Gasteiger partial charge >= 0.3 is 0 Å². The quantitative estimate of drug-likeness (QED) is 0.760. The minimum absolute atomic E-state index is 0.0683. The molecule has 2 rings (SSSR count). The Balaban J connectivity index is 2.45. The van der Waals surface area contributed by atoms with Crippen molar-refractivity contribution < 1.29 is 13.9 Å². The lowest BCUT2D eigenvalue weighted by Crippen LogP contribution is -1.95. The second-order valence-corrected chi connectivity index (χ2v) is 3.27. The second-order valence-electron chi connectivity index (χ2n) is 3.27. The molecule has 0 saturated carbocycles. The number of hydrogen-bond acceptors (Lipinski definition) is 4. The Hall–Kier alpha value is -2.30. The number of ether oxygens (including phenoxy) is 1. The smallest absolute Gasteiger partial charge is 0.193 e. The van der Waals surface area contributed by atoms with Crippen LogP contribution in [0, 0.1) is 5.82 Å². The first-order chi connectivity index (χ1) is 8.24. The molecule has 1 heterocycles. The summed E-state index contributed by atoms with van der Waals surface area (Å²) in [6, 6.07) is 6.08. The number of aromatic nitrogens is 2. The summed E-state index contributed by atoms with van der Waals surface area (Å²) in [6.45, 7) is 0. The predicted molar refractivity (Wildman–Crippen MR) is 59.4 cm³/mol. The first-order valence-corrected chi connectivity index (χ1v) is 4.86. The fraction of sp³-hybridized carbons (Fsp3) is 0.0833. The molecule has 0 fully saturated rings. The highest BCUT2D eigenvalue weighted by Crippen LogP contribution is 2.23. The van der Waals surface area contributed by atoms with Crippen molar-refractivity contribution in [3.05, 3.63) is 42.1 Å². The zero-order valence-corrected chi connectivity index (χ0v) is 9.05. The van der Waals surface area contributed by atoms with E-state index in [9.17, 15) is 9.18 Å². The van der Waals surface area contributed by atoms with E-state index >= 15 is 0 Å². The van der Waals surface area contributed by atoms with E-state index in [-0.39, 0.29) is 11.6 Å². The number of rotatable bonds is 3. The van der Waals surface area contributed by atoms with Crippen molar-refractivity contribution in [1.29, 1.82) is 0 Å². The van der Waals surface area contributed by atoms with E-state index < -0.39 is 5.82 Å². The lowest BCUT2D eigenvalue weighted by molar-refractivity contribution is 0.111. The van der Waals surface area contributed by atoms with Crippen LogP contribution in [0.5, 0.6) is 5.75 Å². The Labute approximate surface area is 97.1 Å². The summed E-state index contributed by atoms with van der Waals surface area (Å²) in [4.78, 5) is 18.3. The van der Waals surface area contributed by atoms with Crippen LogP contribution in [-0.2, 0) is 0 Å². The highest BCUT2D eigenvalue weighted by Gasteiger charge is 2.06. The zero-order valence-electron chi connectivity index (χ0n) is 9.05. The molecule has 86 valence electrons. The van der Waals surface area contributed by atoms with Gasteiger partial charge < -0.3 is 4.74 Å². The van der Waals surface area contributed by atoms with Crippen LogP contribution in [0.1, 0.15) is 10.6 Å². The fourth-order valence-electron chi connectivity index (χ4n) is 1.42. The van der Waals surface area contributed by atoms with Crippen LogP contribution in [-0.4, -0.2) is 23.4 Å². The van der Waals surface area contributed by atoms with E-state index in [2.05, 4.69) is 9.97 Å². The van der Waals surface area contributed by atoms with Crippen LogP contribution < -0.4 is 4.74 Å². The van der Waals surface area contributed by atoms with Gasteiger partial charge in [-0.3, -0.25) is 4.79 Å². The van der Waals surface area contributed by atoms with Gasteiger partial charge in [-0.2, -0.15) is 0 Å². The van der Waals surface area contributed by atoms with Gasteiger partial charge in [-0.1, -0.05) is 0 Å². The van der Waals surface area contributed by atoms with Crippen LogP contribution in [0.2, 0.25) is 0 Å². The third-order valence-electron chi connectivity index (χ3n) is 2.23. The Bertz CT molecular complexity index is 558. The van der Waals surface area contributed by atoms with Crippen molar-refractivity contribution in [2.75, 3.05) is 7.11 Å². The van der Waals surface area contributed by atoms with Gasteiger partial charge in [0.25, 0.3) is 0 Å². The van der Waals surface area contributed by atoms with Crippen molar-refractivity contribution in [2.45, 2.75) is 0 Å². The molecule has 0 spiro atoms. The molecule has 17 heavy (non-hydrogen) atoms. The lowest BCUT2D eigenvalue weighted by Gasteiger charge is -2.04. The molecule has 2 aromatic rings. The number of carbonyl (C=O) groups excluding carboxylic acids is 1. The molecule has 1 aromatic carbocycles. The Morgan fingerprint density at radius 3 is 2.82 bits per heavy atom. The molecule has 0 aliphatic rings. The van der Waals surface area contributed by atoms with Crippen LogP contribution in [0.4, 0.5) is 4.39 Å². The molecule has 4 nitrogen and oxygen atoms in total. The second kappa shape index (κ2) is 4.69. The number of carbonyl (C=O) groups is 1. The monoisotopic (exact) mass is 232 g/mol. The Kier molecular flexibility index (Phi) is 3.09. The molecular formula is C12H9FN2O2. The van der Waals surface area contributed by atoms with Crippen molar-refractivity contribution in [2.24, 2.45) is 0 Å². The minimum Gasteiger partial charge on any atom is -0.494 e. The van der Waals surface area contributed by atoms with Crippen molar-refractivity contribution >= 4 is 6.29 Å². The summed E-state index contributed by atoms with van der Waals surface area (Å²) in [5.74, 6) is -0.242. The number of hydrogen-bond donors (Lipinski definition) is 0. The SMILES string of the molecule is COc1ccc(-c2ccnc(C=O)n2)cc1F. The number of halogens is 1. The molecular weight excluding hydrogens is 223 g/mol. The van der Waals surface area contributed by atoms with E-state index in [1.807, 2.05) is 0 Å². The minimum atomic E-state index is -0.476. The lowest BCUT2D eigenvalue weighted by atomic mass is 10.1. The summed E-state index contributed by atoms with van der Waals surface area (Å²) in [6.07, 6.45) is 2.00. The van der Waals surface area contributed by atoms with E-state index in [0.29, 0.717) is 17.5 Å². The average molecular weight is 232 g/mol. The third-order valence-corrected chi connectivity index (χ3v) is 2.23. The van der Waals surface area contributed by atoms with Crippen LogP contribution >= 0.6 is 0 Å². The van der Waals surface area contributed by atoms with Crippen molar-refractivity contribution in [3.8, 4) is 17.0 Å². The number of methoxy groups -OCH3 is 1.